The molecule has 1 heterocycles. The lowest BCUT2D eigenvalue weighted by Crippen LogP contribution is -2.49. The largest absolute Gasteiger partial charge is 0.389 e. The fourth-order valence-electron chi connectivity index (χ4n) is 3.48. The van der Waals surface area contributed by atoms with Crippen LogP contribution in [0.4, 0.5) is 0 Å². The van der Waals surface area contributed by atoms with Crippen molar-refractivity contribution in [1.29, 1.82) is 0 Å². The van der Waals surface area contributed by atoms with Gasteiger partial charge in [0.2, 0.25) is 0 Å². The van der Waals surface area contributed by atoms with Gasteiger partial charge in [-0.25, -0.2) is 0 Å². The Morgan fingerprint density at radius 1 is 1.25 bits per heavy atom. The number of nitrogens with one attached hydrogen (secondary N) is 1. The van der Waals surface area contributed by atoms with Crippen molar-refractivity contribution in [3.8, 4) is 0 Å². The van der Waals surface area contributed by atoms with E-state index in [1.54, 1.807) is 0 Å². The molecule has 0 aromatic heterocycles. The molecule has 0 spiro atoms. The van der Waals surface area contributed by atoms with Crippen molar-refractivity contribution in [3.63, 3.8) is 0 Å². The van der Waals surface area contributed by atoms with E-state index in [1.165, 1.54) is 19.3 Å². The Hall–Kier alpha value is -0.120. The Kier molecular flexibility index (Phi) is 3.57. The first-order chi connectivity index (χ1) is 7.46. The third kappa shape index (κ3) is 2.96. The number of ether oxygens (including phenoxy) is 1. The van der Waals surface area contributed by atoms with Crippen molar-refractivity contribution in [2.24, 2.45) is 11.3 Å². The van der Waals surface area contributed by atoms with E-state index in [0.29, 0.717) is 24.7 Å². The quantitative estimate of drug-likeness (QED) is 0.752. The zero-order chi connectivity index (χ0) is 11.8. The van der Waals surface area contributed by atoms with Crippen LogP contribution in [0.2, 0.25) is 0 Å². The third-order valence-electron chi connectivity index (χ3n) is 3.89. The second-order valence-corrected chi connectivity index (χ2v) is 6.49. The molecule has 2 N–H and O–H groups in total. The van der Waals surface area contributed by atoms with Gasteiger partial charge in [0, 0.05) is 6.04 Å². The minimum Gasteiger partial charge on any atom is -0.389 e. The molecule has 2 rings (SSSR count). The van der Waals surface area contributed by atoms with Crippen LogP contribution < -0.4 is 5.32 Å². The topological polar surface area (TPSA) is 41.5 Å². The Morgan fingerprint density at radius 3 is 2.56 bits per heavy atom. The van der Waals surface area contributed by atoms with Crippen LogP contribution in [0.1, 0.15) is 40.0 Å². The van der Waals surface area contributed by atoms with E-state index >= 15 is 0 Å². The van der Waals surface area contributed by atoms with Gasteiger partial charge >= 0.3 is 0 Å². The molecule has 16 heavy (non-hydrogen) atoms. The maximum absolute atomic E-state index is 9.73. The highest BCUT2D eigenvalue weighted by molar-refractivity contribution is 4.91. The first-order valence-electron chi connectivity index (χ1n) is 6.48. The Labute approximate surface area is 98.6 Å². The summed E-state index contributed by atoms with van der Waals surface area (Å²) in [5.74, 6) is 0.778. The molecule has 2 aliphatic rings. The van der Waals surface area contributed by atoms with Crippen molar-refractivity contribution in [2.75, 3.05) is 13.2 Å². The van der Waals surface area contributed by atoms with E-state index in [4.69, 9.17) is 4.74 Å². The summed E-state index contributed by atoms with van der Waals surface area (Å²) in [7, 11) is 0. The van der Waals surface area contributed by atoms with Gasteiger partial charge in [0.1, 0.15) is 0 Å². The van der Waals surface area contributed by atoms with E-state index in [9.17, 15) is 5.11 Å². The molecule has 1 aliphatic heterocycles. The Morgan fingerprint density at radius 2 is 2.00 bits per heavy atom. The second kappa shape index (κ2) is 4.63. The highest BCUT2D eigenvalue weighted by Crippen LogP contribution is 2.38. The first kappa shape index (κ1) is 12.3. The molecule has 0 aromatic rings. The normalized spacial score (nSPS) is 43.5. The first-order valence-corrected chi connectivity index (χ1v) is 6.48. The van der Waals surface area contributed by atoms with Crippen LogP contribution in [-0.4, -0.2) is 36.5 Å². The highest BCUT2D eigenvalue weighted by Gasteiger charge is 2.35. The zero-order valence-electron chi connectivity index (χ0n) is 10.7. The van der Waals surface area contributed by atoms with Crippen LogP contribution in [0.15, 0.2) is 0 Å². The fourth-order valence-corrected chi connectivity index (χ4v) is 3.48. The van der Waals surface area contributed by atoms with Crippen molar-refractivity contribution < 1.29 is 9.84 Å². The monoisotopic (exact) mass is 227 g/mol. The SMILES string of the molecule is CC1CC(NC2COCC2O)CC(C)(C)C1. The average molecular weight is 227 g/mol. The van der Waals surface area contributed by atoms with E-state index in [-0.39, 0.29) is 12.1 Å². The van der Waals surface area contributed by atoms with Crippen LogP contribution in [0.5, 0.6) is 0 Å². The van der Waals surface area contributed by atoms with Gasteiger partial charge in [-0.3, -0.25) is 0 Å². The summed E-state index contributed by atoms with van der Waals surface area (Å²) in [4.78, 5) is 0. The predicted molar refractivity (Wildman–Crippen MR) is 64.3 cm³/mol. The van der Waals surface area contributed by atoms with Crippen LogP contribution in [0, 0.1) is 11.3 Å². The van der Waals surface area contributed by atoms with Crippen LogP contribution >= 0.6 is 0 Å². The van der Waals surface area contributed by atoms with Gasteiger partial charge in [-0.05, 0) is 30.6 Å². The maximum Gasteiger partial charge on any atom is 0.0948 e. The smallest absolute Gasteiger partial charge is 0.0948 e. The van der Waals surface area contributed by atoms with Gasteiger partial charge in [0.25, 0.3) is 0 Å². The van der Waals surface area contributed by atoms with Crippen molar-refractivity contribution in [3.05, 3.63) is 0 Å². The van der Waals surface area contributed by atoms with E-state index in [1.807, 2.05) is 0 Å². The lowest BCUT2D eigenvalue weighted by Gasteiger charge is -2.40. The predicted octanol–water partition coefficient (Wildman–Crippen LogP) is 1.55. The molecule has 1 aliphatic carbocycles. The van der Waals surface area contributed by atoms with Gasteiger partial charge in [0.05, 0.1) is 25.4 Å². The van der Waals surface area contributed by atoms with E-state index in [0.717, 1.165) is 5.92 Å². The van der Waals surface area contributed by atoms with Gasteiger partial charge in [-0.2, -0.15) is 0 Å². The second-order valence-electron chi connectivity index (χ2n) is 6.49. The molecule has 94 valence electrons. The molecule has 1 saturated heterocycles. The van der Waals surface area contributed by atoms with Crippen LogP contribution in [-0.2, 0) is 4.74 Å². The molecule has 0 radical (unpaired) electrons. The molecule has 0 aromatic carbocycles. The number of rotatable bonds is 2. The molecule has 0 bridgehead atoms. The van der Waals surface area contributed by atoms with E-state index in [2.05, 4.69) is 26.1 Å². The van der Waals surface area contributed by atoms with Crippen LogP contribution in [0.25, 0.3) is 0 Å². The molecule has 3 heteroatoms. The summed E-state index contributed by atoms with van der Waals surface area (Å²) < 4.78 is 5.28. The molecule has 4 atom stereocenters. The summed E-state index contributed by atoms with van der Waals surface area (Å²) in [6, 6.07) is 0.686. The Balaban J connectivity index is 1.89. The molecule has 3 nitrogen and oxygen atoms in total. The number of hydrogen-bond donors (Lipinski definition) is 2. The van der Waals surface area contributed by atoms with E-state index < -0.39 is 0 Å². The average Bonchev–Trinajstić information content (AvgIpc) is 2.48. The van der Waals surface area contributed by atoms with Gasteiger partial charge in [-0.15, -0.1) is 0 Å². The minimum atomic E-state index is -0.319. The van der Waals surface area contributed by atoms with Crippen LogP contribution in [0.3, 0.4) is 0 Å². The number of aliphatic hydroxyl groups is 1. The summed E-state index contributed by atoms with van der Waals surface area (Å²) in [6.45, 7) is 8.17. The third-order valence-corrected chi connectivity index (χ3v) is 3.89. The zero-order valence-corrected chi connectivity index (χ0v) is 10.7. The summed E-state index contributed by atoms with van der Waals surface area (Å²) in [5.41, 5.74) is 0.430. The number of aliphatic hydroxyl groups excluding tert-OH is 1. The molecule has 0 amide bonds. The Bertz CT molecular complexity index is 242. The van der Waals surface area contributed by atoms with Gasteiger partial charge in [0.15, 0.2) is 0 Å². The van der Waals surface area contributed by atoms with Crippen molar-refractivity contribution in [2.45, 2.75) is 58.2 Å². The summed E-state index contributed by atoms with van der Waals surface area (Å²) >= 11 is 0. The maximum atomic E-state index is 9.73. The lowest BCUT2D eigenvalue weighted by atomic mass is 9.70. The standard InChI is InChI=1S/C13H25NO2/c1-9-4-10(6-13(2,3)5-9)14-11-7-16-8-12(11)15/h9-12,14-15H,4-8H2,1-3H3. The van der Waals surface area contributed by atoms with Gasteiger partial charge < -0.3 is 15.2 Å². The van der Waals surface area contributed by atoms with Crippen molar-refractivity contribution >= 4 is 0 Å². The molecule has 1 saturated carbocycles. The number of hydrogen-bond acceptors (Lipinski definition) is 3. The highest BCUT2D eigenvalue weighted by atomic mass is 16.5. The summed E-state index contributed by atoms with van der Waals surface area (Å²) in [5, 5.41) is 13.3. The minimum absolute atomic E-state index is 0.145. The summed E-state index contributed by atoms with van der Waals surface area (Å²) in [6.07, 6.45) is 3.43. The molecule has 2 fully saturated rings. The van der Waals surface area contributed by atoms with Crippen molar-refractivity contribution in [1.82, 2.24) is 5.32 Å². The lowest BCUT2D eigenvalue weighted by molar-refractivity contribution is 0.108. The molecular formula is C13H25NO2. The molecule has 4 unspecified atom stereocenters. The van der Waals surface area contributed by atoms with Gasteiger partial charge in [-0.1, -0.05) is 20.8 Å². The fraction of sp³-hybridized carbons (Fsp3) is 1.00. The molecular weight excluding hydrogens is 202 g/mol.